The van der Waals surface area contributed by atoms with Gasteiger partial charge in [-0.3, -0.25) is 4.79 Å². The Morgan fingerprint density at radius 2 is 1.83 bits per heavy atom. The molecule has 24 heavy (non-hydrogen) atoms. The standard InChI is InChI=1S/C18H23N3O2S/c1-13-17(24-14(2)19-13)12-18(22)21-10-8-20(9-11-21)15-4-6-16(23-3)7-5-15/h4-7H,8-12H2,1-3H3. The Kier molecular flexibility index (Phi) is 5.04. The van der Waals surface area contributed by atoms with Crippen LogP contribution in [0.4, 0.5) is 5.69 Å². The molecule has 5 nitrogen and oxygen atoms in total. The summed E-state index contributed by atoms with van der Waals surface area (Å²) in [5.41, 5.74) is 2.17. The Balaban J connectivity index is 1.56. The quantitative estimate of drug-likeness (QED) is 0.855. The Labute approximate surface area is 146 Å². The zero-order valence-electron chi connectivity index (χ0n) is 14.4. The molecular weight excluding hydrogens is 322 g/mol. The maximum Gasteiger partial charge on any atom is 0.228 e. The number of aromatic nitrogens is 1. The summed E-state index contributed by atoms with van der Waals surface area (Å²) < 4.78 is 5.20. The van der Waals surface area contributed by atoms with Crippen molar-refractivity contribution in [2.24, 2.45) is 0 Å². The third kappa shape index (κ3) is 3.70. The Morgan fingerprint density at radius 1 is 1.17 bits per heavy atom. The molecule has 1 aliphatic rings. The van der Waals surface area contributed by atoms with Gasteiger partial charge in [-0.15, -0.1) is 11.3 Å². The molecule has 0 aliphatic carbocycles. The molecule has 6 heteroatoms. The van der Waals surface area contributed by atoms with Crippen molar-refractivity contribution in [1.82, 2.24) is 9.88 Å². The number of carbonyl (C=O) groups is 1. The number of methoxy groups -OCH3 is 1. The van der Waals surface area contributed by atoms with Gasteiger partial charge in [-0.2, -0.15) is 0 Å². The summed E-state index contributed by atoms with van der Waals surface area (Å²) >= 11 is 1.63. The first kappa shape index (κ1) is 16.8. The van der Waals surface area contributed by atoms with Crippen molar-refractivity contribution in [1.29, 1.82) is 0 Å². The number of nitrogens with zero attached hydrogens (tertiary/aromatic N) is 3. The van der Waals surface area contributed by atoms with Crippen LogP contribution in [-0.2, 0) is 11.2 Å². The summed E-state index contributed by atoms with van der Waals surface area (Å²) in [5, 5.41) is 1.03. The van der Waals surface area contributed by atoms with E-state index < -0.39 is 0 Å². The van der Waals surface area contributed by atoms with E-state index in [2.05, 4.69) is 22.0 Å². The van der Waals surface area contributed by atoms with Crippen LogP contribution in [0.5, 0.6) is 5.75 Å². The molecule has 3 rings (SSSR count). The number of hydrogen-bond acceptors (Lipinski definition) is 5. The van der Waals surface area contributed by atoms with Gasteiger partial charge in [-0.25, -0.2) is 4.98 Å². The highest BCUT2D eigenvalue weighted by Crippen LogP contribution is 2.22. The topological polar surface area (TPSA) is 45.7 Å². The van der Waals surface area contributed by atoms with Crippen molar-refractivity contribution in [2.75, 3.05) is 38.2 Å². The third-order valence-corrected chi connectivity index (χ3v) is 5.45. The van der Waals surface area contributed by atoms with Crippen LogP contribution < -0.4 is 9.64 Å². The maximum absolute atomic E-state index is 12.5. The number of anilines is 1. The van der Waals surface area contributed by atoms with E-state index in [-0.39, 0.29) is 5.91 Å². The van der Waals surface area contributed by atoms with Gasteiger partial charge in [0.25, 0.3) is 0 Å². The molecule has 0 unspecified atom stereocenters. The minimum atomic E-state index is 0.205. The summed E-state index contributed by atoms with van der Waals surface area (Å²) in [4.78, 5) is 22.3. The van der Waals surface area contributed by atoms with E-state index >= 15 is 0 Å². The van der Waals surface area contributed by atoms with Gasteiger partial charge in [0.05, 0.1) is 24.2 Å². The van der Waals surface area contributed by atoms with Gasteiger partial charge >= 0.3 is 0 Å². The number of piperazine rings is 1. The molecule has 0 bridgehead atoms. The number of aryl methyl sites for hydroxylation is 2. The monoisotopic (exact) mass is 345 g/mol. The number of amides is 1. The zero-order valence-corrected chi connectivity index (χ0v) is 15.2. The van der Waals surface area contributed by atoms with E-state index in [1.54, 1.807) is 18.4 Å². The van der Waals surface area contributed by atoms with Crippen LogP contribution in [0.15, 0.2) is 24.3 Å². The van der Waals surface area contributed by atoms with Crippen LogP contribution in [-0.4, -0.2) is 49.1 Å². The molecule has 1 aromatic carbocycles. The second-order valence-electron chi connectivity index (χ2n) is 5.98. The molecule has 1 aliphatic heterocycles. The number of carbonyl (C=O) groups excluding carboxylic acids is 1. The van der Waals surface area contributed by atoms with E-state index in [4.69, 9.17) is 4.74 Å². The van der Waals surface area contributed by atoms with Crippen LogP contribution >= 0.6 is 11.3 Å². The van der Waals surface area contributed by atoms with E-state index in [0.29, 0.717) is 6.42 Å². The van der Waals surface area contributed by atoms with E-state index in [1.165, 1.54) is 5.69 Å². The van der Waals surface area contributed by atoms with Crippen molar-refractivity contribution >= 4 is 22.9 Å². The fourth-order valence-corrected chi connectivity index (χ4v) is 3.92. The number of benzene rings is 1. The van der Waals surface area contributed by atoms with Gasteiger partial charge in [-0.05, 0) is 38.1 Å². The molecule has 128 valence electrons. The number of rotatable bonds is 4. The lowest BCUT2D eigenvalue weighted by molar-refractivity contribution is -0.130. The number of ether oxygens (including phenoxy) is 1. The second kappa shape index (κ2) is 7.21. The molecule has 1 fully saturated rings. The molecule has 0 radical (unpaired) electrons. The van der Waals surface area contributed by atoms with E-state index in [1.807, 2.05) is 30.9 Å². The Morgan fingerprint density at radius 3 is 2.38 bits per heavy atom. The molecule has 1 aromatic heterocycles. The summed E-state index contributed by atoms with van der Waals surface area (Å²) in [6.45, 7) is 7.22. The predicted molar refractivity (Wildman–Crippen MR) is 97.1 cm³/mol. The van der Waals surface area contributed by atoms with Crippen LogP contribution in [0, 0.1) is 13.8 Å². The summed E-state index contributed by atoms with van der Waals surface area (Å²) in [6.07, 6.45) is 0.472. The minimum Gasteiger partial charge on any atom is -0.497 e. The summed E-state index contributed by atoms with van der Waals surface area (Å²) in [7, 11) is 1.67. The largest absolute Gasteiger partial charge is 0.497 e. The first-order chi connectivity index (χ1) is 11.6. The molecule has 2 aromatic rings. The van der Waals surface area contributed by atoms with Crippen molar-refractivity contribution in [3.05, 3.63) is 39.8 Å². The van der Waals surface area contributed by atoms with Gasteiger partial charge in [-0.1, -0.05) is 0 Å². The van der Waals surface area contributed by atoms with Crippen molar-refractivity contribution in [3.63, 3.8) is 0 Å². The molecule has 1 amide bonds. The average Bonchev–Trinajstić information content (AvgIpc) is 2.92. The third-order valence-electron chi connectivity index (χ3n) is 4.38. The lowest BCUT2D eigenvalue weighted by Gasteiger charge is -2.36. The van der Waals surface area contributed by atoms with Gasteiger partial charge in [0, 0.05) is 36.7 Å². The SMILES string of the molecule is COc1ccc(N2CCN(C(=O)Cc3sc(C)nc3C)CC2)cc1. The van der Waals surface area contributed by atoms with Crippen molar-refractivity contribution in [3.8, 4) is 5.75 Å². The zero-order chi connectivity index (χ0) is 17.1. The van der Waals surface area contributed by atoms with Gasteiger partial charge in [0.2, 0.25) is 5.91 Å². The van der Waals surface area contributed by atoms with Crippen LogP contribution in [0.25, 0.3) is 0 Å². The molecule has 0 spiro atoms. The number of hydrogen-bond donors (Lipinski definition) is 0. The second-order valence-corrected chi connectivity index (χ2v) is 7.27. The van der Waals surface area contributed by atoms with Crippen molar-refractivity contribution < 1.29 is 9.53 Å². The Hall–Kier alpha value is -2.08. The number of thiazole rings is 1. The average molecular weight is 345 g/mol. The van der Waals surface area contributed by atoms with Crippen LogP contribution in [0.2, 0.25) is 0 Å². The molecule has 1 saturated heterocycles. The molecule has 0 N–H and O–H groups in total. The maximum atomic E-state index is 12.5. The van der Waals surface area contributed by atoms with Gasteiger partial charge < -0.3 is 14.5 Å². The Bertz CT molecular complexity index is 704. The molecular formula is C18H23N3O2S. The lowest BCUT2D eigenvalue weighted by Crippen LogP contribution is -2.49. The molecule has 2 heterocycles. The van der Waals surface area contributed by atoms with Crippen LogP contribution in [0.1, 0.15) is 15.6 Å². The summed E-state index contributed by atoms with van der Waals surface area (Å²) in [6, 6.07) is 8.09. The first-order valence-corrected chi connectivity index (χ1v) is 8.98. The van der Waals surface area contributed by atoms with Gasteiger partial charge in [0.15, 0.2) is 0 Å². The van der Waals surface area contributed by atoms with E-state index in [9.17, 15) is 4.79 Å². The van der Waals surface area contributed by atoms with Gasteiger partial charge in [0.1, 0.15) is 5.75 Å². The summed E-state index contributed by atoms with van der Waals surface area (Å²) in [5.74, 6) is 1.07. The van der Waals surface area contributed by atoms with E-state index in [0.717, 1.165) is 47.5 Å². The fraction of sp³-hybridized carbons (Fsp3) is 0.444. The predicted octanol–water partition coefficient (Wildman–Crippen LogP) is 2.66. The molecule has 0 saturated carbocycles. The van der Waals surface area contributed by atoms with Crippen molar-refractivity contribution in [2.45, 2.75) is 20.3 Å². The lowest BCUT2D eigenvalue weighted by atomic mass is 10.2. The van der Waals surface area contributed by atoms with Crippen LogP contribution in [0.3, 0.4) is 0 Å². The molecule has 0 atom stereocenters. The first-order valence-electron chi connectivity index (χ1n) is 8.16. The minimum absolute atomic E-state index is 0.205. The normalized spacial score (nSPS) is 14.8. The smallest absolute Gasteiger partial charge is 0.228 e. The highest BCUT2D eigenvalue weighted by Gasteiger charge is 2.22. The highest BCUT2D eigenvalue weighted by molar-refractivity contribution is 7.11. The highest BCUT2D eigenvalue weighted by atomic mass is 32.1. The fourth-order valence-electron chi connectivity index (χ4n) is 2.99.